The van der Waals surface area contributed by atoms with Gasteiger partial charge in [-0.25, -0.2) is 0 Å². The van der Waals surface area contributed by atoms with Crippen molar-refractivity contribution in [1.29, 1.82) is 0 Å². The highest BCUT2D eigenvalue weighted by molar-refractivity contribution is 4.81. The molecular formula is C13H27N. The van der Waals surface area contributed by atoms with Crippen molar-refractivity contribution in [2.75, 3.05) is 13.1 Å². The van der Waals surface area contributed by atoms with Crippen molar-refractivity contribution in [3.63, 3.8) is 0 Å². The Kier molecular flexibility index (Phi) is 4.43. The minimum atomic E-state index is 0.531. The summed E-state index contributed by atoms with van der Waals surface area (Å²) in [5, 5.41) is 3.47. The van der Waals surface area contributed by atoms with Crippen LogP contribution in [0.4, 0.5) is 0 Å². The van der Waals surface area contributed by atoms with Crippen LogP contribution in [0.15, 0.2) is 0 Å². The highest BCUT2D eigenvalue weighted by atomic mass is 14.8. The zero-order valence-electron chi connectivity index (χ0n) is 10.4. The van der Waals surface area contributed by atoms with E-state index >= 15 is 0 Å². The van der Waals surface area contributed by atoms with Crippen molar-refractivity contribution in [2.45, 2.75) is 53.4 Å². The average molecular weight is 197 g/mol. The predicted octanol–water partition coefficient (Wildman–Crippen LogP) is 3.45. The normalized spacial score (nSPS) is 29.1. The van der Waals surface area contributed by atoms with E-state index in [4.69, 9.17) is 0 Å². The Hall–Kier alpha value is -0.0400. The van der Waals surface area contributed by atoms with E-state index in [1.165, 1.54) is 32.2 Å². The molecule has 0 aliphatic heterocycles. The van der Waals surface area contributed by atoms with Gasteiger partial charge in [-0.3, -0.25) is 0 Å². The lowest BCUT2D eigenvalue weighted by Gasteiger charge is -2.37. The first kappa shape index (κ1) is 12.0. The molecule has 0 heterocycles. The Morgan fingerprint density at radius 2 is 1.64 bits per heavy atom. The zero-order valence-corrected chi connectivity index (χ0v) is 10.4. The van der Waals surface area contributed by atoms with Gasteiger partial charge in [0, 0.05) is 0 Å². The van der Waals surface area contributed by atoms with Crippen LogP contribution >= 0.6 is 0 Å². The molecule has 1 rings (SSSR count). The fraction of sp³-hybridized carbons (Fsp3) is 1.00. The van der Waals surface area contributed by atoms with Gasteiger partial charge in [0.05, 0.1) is 0 Å². The molecule has 0 amide bonds. The summed E-state index contributed by atoms with van der Waals surface area (Å²) in [4.78, 5) is 0. The van der Waals surface area contributed by atoms with Gasteiger partial charge in [-0.05, 0) is 56.0 Å². The fourth-order valence-electron chi connectivity index (χ4n) is 2.58. The van der Waals surface area contributed by atoms with Gasteiger partial charge in [-0.2, -0.15) is 0 Å². The molecule has 0 aromatic heterocycles. The summed E-state index contributed by atoms with van der Waals surface area (Å²) in [6.07, 6.45) is 5.77. The van der Waals surface area contributed by atoms with Gasteiger partial charge < -0.3 is 5.32 Å². The van der Waals surface area contributed by atoms with Crippen LogP contribution in [0.2, 0.25) is 0 Å². The van der Waals surface area contributed by atoms with Crippen molar-refractivity contribution in [3.8, 4) is 0 Å². The van der Waals surface area contributed by atoms with Crippen LogP contribution in [-0.4, -0.2) is 13.1 Å². The van der Waals surface area contributed by atoms with Crippen LogP contribution in [0.25, 0.3) is 0 Å². The van der Waals surface area contributed by atoms with E-state index < -0.39 is 0 Å². The molecule has 1 fully saturated rings. The van der Waals surface area contributed by atoms with E-state index in [2.05, 4.69) is 33.0 Å². The molecule has 0 aromatic carbocycles. The Morgan fingerprint density at radius 3 is 2.07 bits per heavy atom. The van der Waals surface area contributed by atoms with Crippen LogP contribution in [0.1, 0.15) is 53.4 Å². The first-order chi connectivity index (χ1) is 6.54. The van der Waals surface area contributed by atoms with Crippen LogP contribution in [0, 0.1) is 17.3 Å². The van der Waals surface area contributed by atoms with Gasteiger partial charge in [0.25, 0.3) is 0 Å². The molecule has 0 saturated heterocycles. The lowest BCUT2D eigenvalue weighted by Crippen LogP contribution is -2.30. The topological polar surface area (TPSA) is 12.0 Å². The monoisotopic (exact) mass is 197 g/mol. The molecule has 0 atom stereocenters. The standard InChI is InChI=1S/C13H27N/c1-5-14-10-11-6-8-12(9-7-11)13(2,3)4/h11-12,14H,5-10H2,1-4H3. The summed E-state index contributed by atoms with van der Waals surface area (Å²) in [5.41, 5.74) is 0.531. The van der Waals surface area contributed by atoms with Gasteiger partial charge in [0.2, 0.25) is 0 Å². The van der Waals surface area contributed by atoms with Crippen LogP contribution in [-0.2, 0) is 0 Å². The lowest BCUT2D eigenvalue weighted by atomic mass is 9.70. The summed E-state index contributed by atoms with van der Waals surface area (Å²) in [5.74, 6) is 1.91. The molecule has 0 radical (unpaired) electrons. The fourth-order valence-corrected chi connectivity index (χ4v) is 2.58. The second-order valence-corrected chi connectivity index (χ2v) is 5.89. The predicted molar refractivity (Wildman–Crippen MR) is 63.4 cm³/mol. The molecule has 1 aliphatic carbocycles. The molecular weight excluding hydrogens is 170 g/mol. The highest BCUT2D eigenvalue weighted by Crippen LogP contribution is 2.39. The van der Waals surface area contributed by atoms with Gasteiger partial charge in [-0.15, -0.1) is 0 Å². The summed E-state index contributed by atoms with van der Waals surface area (Å²) >= 11 is 0. The molecule has 1 aliphatic rings. The molecule has 14 heavy (non-hydrogen) atoms. The molecule has 0 aromatic rings. The quantitative estimate of drug-likeness (QED) is 0.730. The third-order valence-electron chi connectivity index (χ3n) is 3.75. The zero-order chi connectivity index (χ0) is 10.6. The Labute approximate surface area is 89.7 Å². The maximum Gasteiger partial charge on any atom is -0.00206 e. The second kappa shape index (κ2) is 5.16. The van der Waals surface area contributed by atoms with E-state index in [0.29, 0.717) is 5.41 Å². The minimum Gasteiger partial charge on any atom is -0.317 e. The molecule has 1 saturated carbocycles. The summed E-state index contributed by atoms with van der Waals surface area (Å²) in [6, 6.07) is 0. The molecule has 0 unspecified atom stereocenters. The molecule has 1 heteroatoms. The maximum absolute atomic E-state index is 3.47. The minimum absolute atomic E-state index is 0.531. The van der Waals surface area contributed by atoms with E-state index in [9.17, 15) is 0 Å². The molecule has 1 nitrogen and oxygen atoms in total. The largest absolute Gasteiger partial charge is 0.317 e. The van der Waals surface area contributed by atoms with E-state index in [0.717, 1.165) is 18.4 Å². The van der Waals surface area contributed by atoms with E-state index in [1.54, 1.807) is 0 Å². The Morgan fingerprint density at radius 1 is 1.07 bits per heavy atom. The summed E-state index contributed by atoms with van der Waals surface area (Å²) in [7, 11) is 0. The maximum atomic E-state index is 3.47. The SMILES string of the molecule is CCNCC1CCC(C(C)(C)C)CC1. The van der Waals surface area contributed by atoms with Crippen molar-refractivity contribution >= 4 is 0 Å². The van der Waals surface area contributed by atoms with Crippen molar-refractivity contribution < 1.29 is 0 Å². The van der Waals surface area contributed by atoms with Crippen LogP contribution in [0.3, 0.4) is 0 Å². The second-order valence-electron chi connectivity index (χ2n) is 5.89. The van der Waals surface area contributed by atoms with Crippen LogP contribution in [0.5, 0.6) is 0 Å². The Balaban J connectivity index is 2.24. The third kappa shape index (κ3) is 3.61. The van der Waals surface area contributed by atoms with E-state index in [1.807, 2.05) is 0 Å². The molecule has 0 bridgehead atoms. The summed E-state index contributed by atoms with van der Waals surface area (Å²) in [6.45, 7) is 11.7. The first-order valence-electron chi connectivity index (χ1n) is 6.24. The van der Waals surface area contributed by atoms with E-state index in [-0.39, 0.29) is 0 Å². The lowest BCUT2D eigenvalue weighted by molar-refractivity contribution is 0.149. The smallest absolute Gasteiger partial charge is 0.00206 e. The van der Waals surface area contributed by atoms with Crippen molar-refractivity contribution in [1.82, 2.24) is 5.32 Å². The third-order valence-corrected chi connectivity index (χ3v) is 3.75. The number of rotatable bonds is 3. The van der Waals surface area contributed by atoms with Gasteiger partial charge >= 0.3 is 0 Å². The highest BCUT2D eigenvalue weighted by Gasteiger charge is 2.29. The number of hydrogen-bond acceptors (Lipinski definition) is 1. The van der Waals surface area contributed by atoms with Crippen LogP contribution < -0.4 is 5.32 Å². The van der Waals surface area contributed by atoms with Gasteiger partial charge in [0.1, 0.15) is 0 Å². The molecule has 84 valence electrons. The van der Waals surface area contributed by atoms with Gasteiger partial charge in [-0.1, -0.05) is 27.7 Å². The average Bonchev–Trinajstić information content (AvgIpc) is 2.14. The first-order valence-corrected chi connectivity index (χ1v) is 6.24. The number of hydrogen-bond donors (Lipinski definition) is 1. The summed E-state index contributed by atoms with van der Waals surface area (Å²) < 4.78 is 0. The number of nitrogens with one attached hydrogen (secondary N) is 1. The van der Waals surface area contributed by atoms with Crippen molar-refractivity contribution in [2.24, 2.45) is 17.3 Å². The van der Waals surface area contributed by atoms with Gasteiger partial charge in [0.15, 0.2) is 0 Å². The Bertz CT molecular complexity index is 149. The molecule has 0 spiro atoms. The molecule has 1 N–H and O–H groups in total. The van der Waals surface area contributed by atoms with Crippen molar-refractivity contribution in [3.05, 3.63) is 0 Å².